The Kier molecular flexibility index (Phi) is 7.91. The van der Waals surface area contributed by atoms with Crippen molar-refractivity contribution in [2.24, 2.45) is 0 Å². The van der Waals surface area contributed by atoms with Crippen LogP contribution in [0, 0.1) is 0 Å². The molecule has 1 aliphatic heterocycles. The molecule has 1 amide bonds. The summed E-state index contributed by atoms with van der Waals surface area (Å²) in [6.45, 7) is 3.48. The Labute approximate surface area is 239 Å². The Morgan fingerprint density at radius 1 is 1.15 bits per heavy atom. The maximum absolute atomic E-state index is 14.2. The smallest absolute Gasteiger partial charge is 0.410 e. The highest BCUT2D eigenvalue weighted by Gasteiger charge is 2.47. The molecule has 0 spiro atoms. The zero-order valence-electron chi connectivity index (χ0n) is 23.1. The number of hydrogen-bond donors (Lipinski definition) is 2. The number of nitrogens with zero attached hydrogens (tertiary/aromatic N) is 2. The molecule has 3 aromatic rings. The summed E-state index contributed by atoms with van der Waals surface area (Å²) < 4.78 is 59.5. The van der Waals surface area contributed by atoms with Crippen molar-refractivity contribution in [2.45, 2.75) is 70.3 Å². The molecule has 2 N–H and O–H groups in total. The molecule has 0 bridgehead atoms. The number of alkyl halides is 3. The number of aromatic nitrogens is 2. The van der Waals surface area contributed by atoms with E-state index in [1.807, 2.05) is 0 Å². The van der Waals surface area contributed by atoms with Crippen molar-refractivity contribution < 1.29 is 37.0 Å². The van der Waals surface area contributed by atoms with Crippen LogP contribution >= 0.6 is 11.3 Å². The van der Waals surface area contributed by atoms with Gasteiger partial charge in [-0.3, -0.25) is 4.79 Å². The zero-order chi connectivity index (χ0) is 29.5. The van der Waals surface area contributed by atoms with Crippen LogP contribution in [0.2, 0.25) is 0 Å². The Balaban J connectivity index is 1.50. The van der Waals surface area contributed by atoms with Crippen LogP contribution in [-0.4, -0.2) is 48.2 Å². The number of thiophene rings is 1. The lowest BCUT2D eigenvalue weighted by molar-refractivity contribution is -0.173. The topological polar surface area (TPSA) is 104 Å². The van der Waals surface area contributed by atoms with Crippen LogP contribution in [0.1, 0.15) is 81.9 Å². The molecule has 2 aliphatic rings. The molecule has 3 heterocycles. The Hall–Kier alpha value is -3.74. The zero-order valence-corrected chi connectivity index (χ0v) is 23.9. The highest BCUT2D eigenvalue weighted by Crippen LogP contribution is 2.46. The van der Waals surface area contributed by atoms with E-state index in [2.05, 4.69) is 15.7 Å². The van der Waals surface area contributed by atoms with Gasteiger partial charge < -0.3 is 24.8 Å². The summed E-state index contributed by atoms with van der Waals surface area (Å²) in [4.78, 5) is 27.6. The van der Waals surface area contributed by atoms with Crippen LogP contribution in [0.5, 0.6) is 11.5 Å². The molecule has 2 aromatic heterocycles. The van der Waals surface area contributed by atoms with Gasteiger partial charge in [-0.15, -0.1) is 11.3 Å². The maximum atomic E-state index is 14.2. The molecule has 2 atom stereocenters. The number of benzene rings is 1. The predicted octanol–water partition coefficient (Wildman–Crippen LogP) is 6.32. The Morgan fingerprint density at radius 2 is 1.88 bits per heavy atom. The van der Waals surface area contributed by atoms with Gasteiger partial charge in [-0.05, 0) is 62.8 Å². The summed E-state index contributed by atoms with van der Waals surface area (Å²) in [6, 6.07) is 2.11. The van der Waals surface area contributed by atoms with E-state index in [1.165, 1.54) is 25.6 Å². The minimum Gasteiger partial charge on any atom is -0.493 e. The number of halogens is 3. The average molecular weight is 593 g/mol. The number of fused-ring (bicyclic) bond motifs is 2. The van der Waals surface area contributed by atoms with Crippen molar-refractivity contribution in [2.75, 3.05) is 24.9 Å². The van der Waals surface area contributed by atoms with Gasteiger partial charge >= 0.3 is 12.1 Å². The lowest BCUT2D eigenvalue weighted by atomic mass is 9.95. The van der Waals surface area contributed by atoms with Gasteiger partial charge in [-0.25, -0.2) is 9.48 Å². The number of anilines is 2. The normalized spacial score (nSPS) is 18.2. The van der Waals surface area contributed by atoms with Gasteiger partial charge in [0.1, 0.15) is 16.4 Å². The highest BCUT2D eigenvalue weighted by atomic mass is 32.1. The van der Waals surface area contributed by atoms with Gasteiger partial charge in [-0.2, -0.15) is 18.3 Å². The molecule has 5 rings (SSSR count). The van der Waals surface area contributed by atoms with Crippen molar-refractivity contribution in [1.29, 1.82) is 0 Å². The first-order valence-electron chi connectivity index (χ1n) is 13.3. The Morgan fingerprint density at radius 3 is 2.56 bits per heavy atom. The average Bonchev–Trinajstić information content (AvgIpc) is 3.52. The molecule has 0 unspecified atom stereocenters. The Bertz CT molecular complexity index is 1470. The van der Waals surface area contributed by atoms with E-state index in [-0.39, 0.29) is 23.9 Å². The predicted molar refractivity (Wildman–Crippen MR) is 147 cm³/mol. The fraction of sp³-hybridized carbons (Fsp3) is 0.464. The van der Waals surface area contributed by atoms with E-state index in [4.69, 9.17) is 14.2 Å². The molecule has 0 saturated heterocycles. The summed E-state index contributed by atoms with van der Waals surface area (Å²) in [5.74, 6) is -0.464. The summed E-state index contributed by atoms with van der Waals surface area (Å²) >= 11 is 1.30. The number of hydrogen-bond acceptors (Lipinski definition) is 8. The molecule has 0 radical (unpaired) electrons. The fourth-order valence-corrected chi connectivity index (χ4v) is 6.60. The third-order valence-electron chi connectivity index (χ3n) is 7.24. The van der Waals surface area contributed by atoms with Crippen LogP contribution in [0.25, 0.3) is 0 Å². The second-order valence-electron chi connectivity index (χ2n) is 10.3. The minimum absolute atomic E-state index is 0.0662. The molecule has 1 aromatic carbocycles. The highest BCUT2D eigenvalue weighted by molar-refractivity contribution is 7.17. The fourth-order valence-electron chi connectivity index (χ4n) is 5.33. The van der Waals surface area contributed by atoms with Crippen molar-refractivity contribution in [1.82, 2.24) is 9.78 Å². The van der Waals surface area contributed by atoms with E-state index in [0.717, 1.165) is 40.6 Å². The maximum Gasteiger partial charge on any atom is 0.410 e. The van der Waals surface area contributed by atoms with E-state index < -0.39 is 30.1 Å². The van der Waals surface area contributed by atoms with Crippen molar-refractivity contribution >= 4 is 34.0 Å². The third kappa shape index (κ3) is 5.59. The van der Waals surface area contributed by atoms with Gasteiger partial charge in [0.2, 0.25) is 0 Å². The van der Waals surface area contributed by atoms with Crippen LogP contribution in [0.15, 0.2) is 24.4 Å². The number of carbonyl (C=O) groups excluding carboxylic acids is 2. The van der Waals surface area contributed by atoms with E-state index in [0.29, 0.717) is 34.0 Å². The quantitative estimate of drug-likeness (QED) is 0.310. The van der Waals surface area contributed by atoms with E-state index in [1.54, 1.807) is 32.0 Å². The standard InChI is InChI=1S/C28H31F3N4O5S/c1-14(2)40-27(37)23-16-7-5-6-8-21(16)41-26(23)34-25(36)17-13-32-35-22(28(29,30)31)12-18(33-24(17)35)15-9-10-19(38-3)20(11-15)39-4/h9-11,13-14,18,22,33H,5-8,12H2,1-4H3,(H,34,36)/t18-,22-/m0/s1. The first kappa shape index (κ1) is 28.8. The summed E-state index contributed by atoms with van der Waals surface area (Å²) in [5.41, 5.74) is 1.64. The monoisotopic (exact) mass is 592 g/mol. The number of methoxy groups -OCH3 is 2. The molecule has 13 heteroatoms. The number of nitrogens with one attached hydrogen (secondary N) is 2. The van der Waals surface area contributed by atoms with Gasteiger partial charge in [0.15, 0.2) is 17.5 Å². The second-order valence-corrected chi connectivity index (χ2v) is 11.4. The third-order valence-corrected chi connectivity index (χ3v) is 8.45. The van der Waals surface area contributed by atoms with Crippen LogP contribution in [0.4, 0.5) is 24.0 Å². The molecule has 9 nitrogen and oxygen atoms in total. The first-order valence-corrected chi connectivity index (χ1v) is 14.1. The summed E-state index contributed by atoms with van der Waals surface area (Å²) in [6.07, 6.45) is -0.855. The number of carbonyl (C=O) groups is 2. The van der Waals surface area contributed by atoms with Gasteiger partial charge in [-0.1, -0.05) is 6.07 Å². The van der Waals surface area contributed by atoms with Gasteiger partial charge in [0.25, 0.3) is 5.91 Å². The van der Waals surface area contributed by atoms with Gasteiger partial charge in [0.05, 0.1) is 38.1 Å². The largest absolute Gasteiger partial charge is 0.493 e. The van der Waals surface area contributed by atoms with Crippen molar-refractivity contribution in [3.63, 3.8) is 0 Å². The lowest BCUT2D eigenvalue weighted by Gasteiger charge is -2.34. The van der Waals surface area contributed by atoms with E-state index >= 15 is 0 Å². The molecular formula is C28H31F3N4O5S. The number of amides is 1. The van der Waals surface area contributed by atoms with E-state index in [9.17, 15) is 22.8 Å². The minimum atomic E-state index is -4.62. The second kappa shape index (κ2) is 11.3. The summed E-state index contributed by atoms with van der Waals surface area (Å²) in [7, 11) is 2.91. The molecule has 1 aliphatic carbocycles. The SMILES string of the molecule is COc1ccc([C@@H]2C[C@@H](C(F)(F)F)n3ncc(C(=O)Nc4sc5c(c4C(=O)OC(C)C)CCCC5)c3N2)cc1OC. The molecule has 0 fully saturated rings. The molecule has 41 heavy (non-hydrogen) atoms. The van der Waals surface area contributed by atoms with Crippen molar-refractivity contribution in [3.05, 3.63) is 51.5 Å². The number of rotatable bonds is 7. The van der Waals surface area contributed by atoms with Crippen LogP contribution < -0.4 is 20.1 Å². The molecule has 0 saturated carbocycles. The van der Waals surface area contributed by atoms with Gasteiger partial charge in [0, 0.05) is 11.3 Å². The summed E-state index contributed by atoms with van der Waals surface area (Å²) in [5, 5.41) is 10.2. The first-order chi connectivity index (χ1) is 19.5. The lowest BCUT2D eigenvalue weighted by Crippen LogP contribution is -2.36. The van der Waals surface area contributed by atoms with Crippen LogP contribution in [-0.2, 0) is 17.6 Å². The number of esters is 1. The van der Waals surface area contributed by atoms with Crippen LogP contribution in [0.3, 0.4) is 0 Å². The molecule has 220 valence electrons. The number of ether oxygens (including phenoxy) is 3. The van der Waals surface area contributed by atoms with Crippen molar-refractivity contribution in [3.8, 4) is 11.5 Å². The number of aryl methyl sites for hydroxylation is 1. The molecular weight excluding hydrogens is 561 g/mol.